The summed E-state index contributed by atoms with van der Waals surface area (Å²) in [5.74, 6) is -2.38. The van der Waals surface area contributed by atoms with E-state index in [9.17, 15) is 19.1 Å². The zero-order valence-electron chi connectivity index (χ0n) is 15.8. The summed E-state index contributed by atoms with van der Waals surface area (Å²) in [5, 5.41) is 10.2. The lowest BCUT2D eigenvalue weighted by Gasteiger charge is -2.54. The van der Waals surface area contributed by atoms with Gasteiger partial charge < -0.3 is 14.9 Å². The van der Waals surface area contributed by atoms with E-state index in [1.165, 1.54) is 6.07 Å². The highest BCUT2D eigenvalue weighted by atomic mass is 19.1. The molecule has 1 saturated heterocycles. The second-order valence-corrected chi connectivity index (χ2v) is 7.75. The van der Waals surface area contributed by atoms with Crippen molar-refractivity contribution < 1.29 is 19.1 Å². The van der Waals surface area contributed by atoms with E-state index in [1.807, 2.05) is 7.05 Å². The number of carboxylic acid groups (broad SMARTS) is 1. The molecular weight excluding hydrogens is 359 g/mol. The third kappa shape index (κ3) is 2.88. The maximum Gasteiger partial charge on any atom is 0.313 e. The van der Waals surface area contributed by atoms with Gasteiger partial charge in [-0.05, 0) is 37.6 Å². The minimum Gasteiger partial charge on any atom is -0.481 e. The van der Waals surface area contributed by atoms with E-state index in [2.05, 4.69) is 4.90 Å². The molecule has 0 radical (unpaired) electrons. The lowest BCUT2D eigenvalue weighted by molar-refractivity contribution is -0.144. The number of likely N-dealkylation sites (tertiary alicyclic amines) is 1. The van der Waals surface area contributed by atoms with Gasteiger partial charge in [-0.15, -0.1) is 0 Å². The van der Waals surface area contributed by atoms with Crippen LogP contribution in [-0.4, -0.2) is 52.5 Å². The normalized spacial score (nSPS) is 21.6. The van der Waals surface area contributed by atoms with Gasteiger partial charge in [0.1, 0.15) is 11.7 Å². The minimum atomic E-state index is -0.942. The number of hydrogen-bond donors (Lipinski definition) is 1. The Labute approximate surface area is 163 Å². The van der Waals surface area contributed by atoms with Gasteiger partial charge in [-0.25, -0.2) is 4.39 Å². The minimum absolute atomic E-state index is 0.0628. The monoisotopic (exact) mass is 382 g/mol. The largest absolute Gasteiger partial charge is 0.481 e. The zero-order valence-corrected chi connectivity index (χ0v) is 15.8. The Bertz CT molecular complexity index is 922. The van der Waals surface area contributed by atoms with E-state index in [4.69, 9.17) is 0 Å². The quantitative estimate of drug-likeness (QED) is 0.886. The number of carboxylic acids is 1. The topological polar surface area (TPSA) is 60.9 Å². The fraction of sp³-hybridized carbons (Fsp3) is 0.364. The van der Waals surface area contributed by atoms with Crippen molar-refractivity contribution in [2.45, 2.75) is 30.8 Å². The maximum absolute atomic E-state index is 14.4. The highest BCUT2D eigenvalue weighted by molar-refractivity contribution is 6.01. The van der Waals surface area contributed by atoms with Gasteiger partial charge in [0.05, 0.1) is 5.54 Å². The molecule has 1 unspecified atom stereocenters. The Morgan fingerprint density at radius 1 is 1.14 bits per heavy atom. The van der Waals surface area contributed by atoms with Crippen molar-refractivity contribution in [1.29, 1.82) is 0 Å². The summed E-state index contributed by atoms with van der Waals surface area (Å²) in [4.78, 5) is 29.6. The molecule has 0 bridgehead atoms. The molecule has 2 aromatic carbocycles. The van der Waals surface area contributed by atoms with Gasteiger partial charge in [-0.3, -0.25) is 9.59 Å². The standard InChI is InChI=1S/C22H23FN2O3/c1-24-12-10-22(11-13-24)19(21(27)28)16-7-3-4-8-17(16)20(26)25(22)14-15-6-2-5-9-18(15)23/h2-9,19H,10-14H2,1H3,(H,27,28). The van der Waals surface area contributed by atoms with Crippen LogP contribution in [0.3, 0.4) is 0 Å². The van der Waals surface area contributed by atoms with Crippen molar-refractivity contribution in [2.24, 2.45) is 0 Å². The predicted molar refractivity (Wildman–Crippen MR) is 103 cm³/mol. The molecule has 2 heterocycles. The average molecular weight is 382 g/mol. The van der Waals surface area contributed by atoms with Gasteiger partial charge >= 0.3 is 5.97 Å². The fourth-order valence-electron chi connectivity index (χ4n) is 4.69. The third-order valence-electron chi connectivity index (χ3n) is 6.21. The van der Waals surface area contributed by atoms with Crippen LogP contribution < -0.4 is 0 Å². The van der Waals surface area contributed by atoms with Crippen LogP contribution in [-0.2, 0) is 11.3 Å². The first kappa shape index (κ1) is 18.6. The van der Waals surface area contributed by atoms with Crippen molar-refractivity contribution in [3.05, 3.63) is 71.0 Å². The summed E-state index contributed by atoms with van der Waals surface area (Å²) < 4.78 is 14.4. The Balaban J connectivity index is 1.87. The molecule has 5 nitrogen and oxygen atoms in total. The van der Waals surface area contributed by atoms with E-state index in [-0.39, 0.29) is 18.3 Å². The van der Waals surface area contributed by atoms with Crippen LogP contribution in [0.4, 0.5) is 4.39 Å². The lowest BCUT2D eigenvalue weighted by atomic mass is 9.67. The summed E-state index contributed by atoms with van der Waals surface area (Å²) in [5.41, 5.74) is 0.495. The molecule has 2 aromatic rings. The van der Waals surface area contributed by atoms with Gasteiger partial charge in [0.2, 0.25) is 0 Å². The number of benzene rings is 2. The highest BCUT2D eigenvalue weighted by Gasteiger charge is 2.55. The van der Waals surface area contributed by atoms with Gasteiger partial charge in [0.25, 0.3) is 5.91 Å². The summed E-state index contributed by atoms with van der Waals surface area (Å²) in [6.45, 7) is 1.44. The number of aliphatic carboxylic acids is 1. The van der Waals surface area contributed by atoms with Gasteiger partial charge in [-0.1, -0.05) is 36.4 Å². The van der Waals surface area contributed by atoms with Gasteiger partial charge in [-0.2, -0.15) is 0 Å². The molecule has 1 N–H and O–H groups in total. The molecule has 1 fully saturated rings. The van der Waals surface area contributed by atoms with Crippen LogP contribution in [0, 0.1) is 5.82 Å². The van der Waals surface area contributed by atoms with Crippen molar-refractivity contribution >= 4 is 11.9 Å². The zero-order chi connectivity index (χ0) is 19.9. The first-order valence-corrected chi connectivity index (χ1v) is 9.50. The summed E-state index contributed by atoms with van der Waals surface area (Å²) in [6.07, 6.45) is 1.07. The van der Waals surface area contributed by atoms with Crippen molar-refractivity contribution in [1.82, 2.24) is 9.80 Å². The van der Waals surface area contributed by atoms with E-state index in [0.29, 0.717) is 42.6 Å². The van der Waals surface area contributed by atoms with Crippen LogP contribution in [0.1, 0.15) is 40.2 Å². The van der Waals surface area contributed by atoms with Gasteiger partial charge in [0.15, 0.2) is 0 Å². The average Bonchev–Trinajstić information content (AvgIpc) is 2.68. The summed E-state index contributed by atoms with van der Waals surface area (Å²) in [7, 11) is 1.99. The molecule has 146 valence electrons. The van der Waals surface area contributed by atoms with Crippen LogP contribution >= 0.6 is 0 Å². The van der Waals surface area contributed by atoms with Crippen LogP contribution in [0.2, 0.25) is 0 Å². The number of piperidine rings is 1. The highest BCUT2D eigenvalue weighted by Crippen LogP contribution is 2.47. The molecule has 1 spiro atoms. The second-order valence-electron chi connectivity index (χ2n) is 7.75. The number of fused-ring (bicyclic) bond motifs is 1. The molecule has 28 heavy (non-hydrogen) atoms. The number of halogens is 1. The maximum atomic E-state index is 14.4. The molecule has 0 aromatic heterocycles. The Morgan fingerprint density at radius 3 is 2.46 bits per heavy atom. The van der Waals surface area contributed by atoms with E-state index in [1.54, 1.807) is 47.4 Å². The van der Waals surface area contributed by atoms with Gasteiger partial charge in [0, 0.05) is 30.8 Å². The van der Waals surface area contributed by atoms with Crippen molar-refractivity contribution in [3.63, 3.8) is 0 Å². The first-order chi connectivity index (χ1) is 13.4. The summed E-state index contributed by atoms with van der Waals surface area (Å²) >= 11 is 0. The number of carbonyl (C=O) groups excluding carboxylic acids is 1. The first-order valence-electron chi connectivity index (χ1n) is 9.50. The Hall–Kier alpha value is -2.73. The number of rotatable bonds is 3. The summed E-state index contributed by atoms with van der Waals surface area (Å²) in [6, 6.07) is 13.3. The molecule has 2 aliphatic rings. The van der Waals surface area contributed by atoms with Crippen LogP contribution in [0.5, 0.6) is 0 Å². The van der Waals surface area contributed by atoms with E-state index in [0.717, 1.165) is 0 Å². The molecule has 1 amide bonds. The third-order valence-corrected chi connectivity index (χ3v) is 6.21. The molecule has 0 aliphatic carbocycles. The molecule has 6 heteroatoms. The Morgan fingerprint density at radius 2 is 1.79 bits per heavy atom. The van der Waals surface area contributed by atoms with Crippen molar-refractivity contribution in [3.8, 4) is 0 Å². The van der Waals surface area contributed by atoms with Crippen LogP contribution in [0.25, 0.3) is 0 Å². The SMILES string of the molecule is CN1CCC2(CC1)C(C(=O)O)c1ccccc1C(=O)N2Cc1ccccc1F. The van der Waals surface area contributed by atoms with E-state index >= 15 is 0 Å². The molecule has 4 rings (SSSR count). The van der Waals surface area contributed by atoms with E-state index < -0.39 is 17.4 Å². The number of nitrogens with zero attached hydrogens (tertiary/aromatic N) is 2. The smallest absolute Gasteiger partial charge is 0.313 e. The molecule has 1 atom stereocenters. The molecule has 2 aliphatic heterocycles. The number of amides is 1. The lowest BCUT2D eigenvalue weighted by Crippen LogP contribution is -2.63. The Kier molecular flexibility index (Phi) is 4.67. The second kappa shape index (κ2) is 7.02. The fourth-order valence-corrected chi connectivity index (χ4v) is 4.69. The van der Waals surface area contributed by atoms with Crippen LogP contribution in [0.15, 0.2) is 48.5 Å². The van der Waals surface area contributed by atoms with Crippen molar-refractivity contribution in [2.75, 3.05) is 20.1 Å². The predicted octanol–water partition coefficient (Wildman–Crippen LogP) is 3.11. The molecular formula is C22H23FN2O3. The molecule has 0 saturated carbocycles. The number of hydrogen-bond acceptors (Lipinski definition) is 3. The number of carbonyl (C=O) groups is 2.